The van der Waals surface area contributed by atoms with Gasteiger partial charge >= 0.3 is 0 Å². The molecule has 0 saturated carbocycles. The van der Waals surface area contributed by atoms with Crippen molar-refractivity contribution in [1.29, 1.82) is 0 Å². The molecule has 0 radical (unpaired) electrons. The molecule has 0 N–H and O–H groups in total. The second-order valence-electron chi connectivity index (χ2n) is 4.33. The van der Waals surface area contributed by atoms with Crippen LogP contribution in [0, 0.1) is 0 Å². The van der Waals surface area contributed by atoms with E-state index in [9.17, 15) is 0 Å². The number of rotatable bonds is 6. The van der Waals surface area contributed by atoms with Crippen molar-refractivity contribution in [1.82, 2.24) is 9.97 Å². The molecule has 0 atom stereocenters. The number of alkyl halides is 1. The van der Waals surface area contributed by atoms with E-state index in [1.807, 2.05) is 12.1 Å². The molecule has 4 heteroatoms. The second kappa shape index (κ2) is 7.10. The van der Waals surface area contributed by atoms with Crippen LogP contribution in [0.4, 0.5) is 0 Å². The van der Waals surface area contributed by atoms with Crippen molar-refractivity contribution in [2.75, 3.05) is 0 Å². The molecule has 2 rings (SSSR count). The van der Waals surface area contributed by atoms with E-state index < -0.39 is 0 Å². The van der Waals surface area contributed by atoms with E-state index in [-0.39, 0.29) is 0 Å². The van der Waals surface area contributed by atoms with Gasteiger partial charge in [-0.2, -0.15) is 0 Å². The molecule has 0 spiro atoms. The largest absolute Gasteiger partial charge is 0.437 e. The van der Waals surface area contributed by atoms with Crippen molar-refractivity contribution >= 4 is 11.6 Å². The number of aromatic nitrogens is 2. The summed E-state index contributed by atoms with van der Waals surface area (Å²) in [5.41, 5.74) is 2.04. The molecule has 1 aromatic carbocycles. The van der Waals surface area contributed by atoms with Crippen molar-refractivity contribution in [3.63, 3.8) is 0 Å². The molecule has 2 aromatic rings. The van der Waals surface area contributed by atoms with Crippen LogP contribution in [0.2, 0.25) is 0 Å². The average Bonchev–Trinajstić information content (AvgIpc) is 2.47. The normalized spacial score (nSPS) is 10.4. The lowest BCUT2D eigenvalue weighted by Crippen LogP contribution is -1.93. The third-order valence-corrected chi connectivity index (χ3v) is 3.04. The third-order valence-electron chi connectivity index (χ3n) is 2.76. The van der Waals surface area contributed by atoms with E-state index in [0.29, 0.717) is 17.5 Å². The van der Waals surface area contributed by atoms with Gasteiger partial charge in [0.1, 0.15) is 5.75 Å². The van der Waals surface area contributed by atoms with Gasteiger partial charge < -0.3 is 4.74 Å². The lowest BCUT2D eigenvalue weighted by molar-refractivity contribution is 0.458. The first-order valence-corrected chi connectivity index (χ1v) is 6.99. The summed E-state index contributed by atoms with van der Waals surface area (Å²) >= 11 is 5.71. The van der Waals surface area contributed by atoms with Gasteiger partial charge in [-0.25, -0.2) is 4.98 Å². The van der Waals surface area contributed by atoms with Crippen molar-refractivity contribution in [2.24, 2.45) is 0 Å². The number of aryl methyl sites for hydroxylation is 1. The third kappa shape index (κ3) is 4.21. The van der Waals surface area contributed by atoms with Crippen LogP contribution in [0.3, 0.4) is 0 Å². The van der Waals surface area contributed by atoms with Gasteiger partial charge in [-0.05, 0) is 30.5 Å². The Bertz CT molecular complexity index is 514. The highest BCUT2D eigenvalue weighted by molar-refractivity contribution is 6.16. The fourth-order valence-electron chi connectivity index (χ4n) is 1.73. The Morgan fingerprint density at radius 2 is 1.95 bits per heavy atom. The molecular weight excluding hydrogens is 260 g/mol. The van der Waals surface area contributed by atoms with Crippen molar-refractivity contribution in [3.8, 4) is 11.6 Å². The minimum Gasteiger partial charge on any atom is -0.437 e. The van der Waals surface area contributed by atoms with Crippen LogP contribution in [0.15, 0.2) is 36.7 Å². The predicted octanol–water partition coefficient (Wildman–Crippen LogP) is 4.35. The van der Waals surface area contributed by atoms with Crippen LogP contribution in [-0.4, -0.2) is 9.97 Å². The molecular formula is C15H17ClN2O. The number of unbranched alkanes of at least 4 members (excludes halogenated alkanes) is 1. The molecule has 19 heavy (non-hydrogen) atoms. The molecule has 0 aliphatic carbocycles. The molecule has 0 unspecified atom stereocenters. The molecule has 1 aromatic heterocycles. The van der Waals surface area contributed by atoms with Crippen LogP contribution < -0.4 is 4.74 Å². The lowest BCUT2D eigenvalue weighted by atomic mass is 10.1. The second-order valence-corrected chi connectivity index (χ2v) is 4.60. The Labute approximate surface area is 118 Å². The van der Waals surface area contributed by atoms with Gasteiger partial charge in [-0.15, -0.1) is 11.6 Å². The summed E-state index contributed by atoms with van der Waals surface area (Å²) in [5, 5.41) is 0. The van der Waals surface area contributed by atoms with Gasteiger partial charge in [-0.3, -0.25) is 4.98 Å². The first-order valence-electron chi connectivity index (χ1n) is 6.45. The number of hydrogen-bond acceptors (Lipinski definition) is 3. The topological polar surface area (TPSA) is 35.0 Å². The van der Waals surface area contributed by atoms with E-state index in [0.717, 1.165) is 12.2 Å². The Kier molecular flexibility index (Phi) is 5.16. The molecule has 0 fully saturated rings. The Balaban J connectivity index is 2.02. The minimum absolute atomic E-state index is 0.333. The summed E-state index contributed by atoms with van der Waals surface area (Å²) in [4.78, 5) is 8.28. The van der Waals surface area contributed by atoms with E-state index in [1.165, 1.54) is 18.4 Å². The molecule has 0 aliphatic heterocycles. The van der Waals surface area contributed by atoms with Gasteiger partial charge in [0, 0.05) is 6.20 Å². The van der Waals surface area contributed by atoms with Gasteiger partial charge in [-0.1, -0.05) is 25.5 Å². The van der Waals surface area contributed by atoms with Gasteiger partial charge in [0.25, 0.3) is 0 Å². The lowest BCUT2D eigenvalue weighted by Gasteiger charge is -2.06. The van der Waals surface area contributed by atoms with E-state index in [4.69, 9.17) is 16.3 Å². The zero-order chi connectivity index (χ0) is 13.5. The van der Waals surface area contributed by atoms with Crippen molar-refractivity contribution in [2.45, 2.75) is 32.1 Å². The highest BCUT2D eigenvalue weighted by Gasteiger charge is 2.01. The van der Waals surface area contributed by atoms with Gasteiger partial charge in [0.15, 0.2) is 0 Å². The standard InChI is InChI=1S/C15H17ClN2O/c1-2-3-4-12-5-7-14(8-6-12)19-15-11-17-10-13(9-16)18-15/h5-8,10-11H,2-4,9H2,1H3. The van der Waals surface area contributed by atoms with Crippen LogP contribution >= 0.6 is 11.6 Å². The maximum absolute atomic E-state index is 5.71. The van der Waals surface area contributed by atoms with Crippen LogP contribution in [-0.2, 0) is 12.3 Å². The summed E-state index contributed by atoms with van der Waals surface area (Å²) in [6.07, 6.45) is 6.75. The average molecular weight is 277 g/mol. The van der Waals surface area contributed by atoms with Crippen LogP contribution in [0.5, 0.6) is 11.6 Å². The zero-order valence-corrected chi connectivity index (χ0v) is 11.7. The molecule has 0 aliphatic rings. The summed E-state index contributed by atoms with van der Waals surface area (Å²) < 4.78 is 5.65. The molecule has 0 amide bonds. The SMILES string of the molecule is CCCCc1ccc(Oc2cncc(CCl)n2)cc1. The van der Waals surface area contributed by atoms with Crippen molar-refractivity contribution < 1.29 is 4.74 Å². The zero-order valence-electron chi connectivity index (χ0n) is 11.0. The summed E-state index contributed by atoms with van der Waals surface area (Å²) in [6, 6.07) is 8.09. The Hall–Kier alpha value is -1.61. The van der Waals surface area contributed by atoms with E-state index >= 15 is 0 Å². The van der Waals surface area contributed by atoms with Gasteiger partial charge in [0.2, 0.25) is 5.88 Å². The van der Waals surface area contributed by atoms with E-state index in [1.54, 1.807) is 12.4 Å². The maximum atomic E-state index is 5.71. The Morgan fingerprint density at radius 1 is 1.16 bits per heavy atom. The van der Waals surface area contributed by atoms with Crippen LogP contribution in [0.1, 0.15) is 31.0 Å². The smallest absolute Gasteiger partial charge is 0.238 e. The summed E-state index contributed by atoms with van der Waals surface area (Å²) in [7, 11) is 0. The van der Waals surface area contributed by atoms with Gasteiger partial charge in [0.05, 0.1) is 17.8 Å². The molecule has 3 nitrogen and oxygen atoms in total. The van der Waals surface area contributed by atoms with E-state index in [2.05, 4.69) is 29.0 Å². The number of hydrogen-bond donors (Lipinski definition) is 0. The van der Waals surface area contributed by atoms with Crippen LogP contribution in [0.25, 0.3) is 0 Å². The fourth-order valence-corrected chi connectivity index (χ4v) is 1.85. The number of halogens is 1. The first-order chi connectivity index (χ1) is 9.31. The molecule has 1 heterocycles. The molecule has 100 valence electrons. The first kappa shape index (κ1) is 13.8. The number of benzene rings is 1. The van der Waals surface area contributed by atoms with Crippen molar-refractivity contribution in [3.05, 3.63) is 47.9 Å². The number of nitrogens with zero attached hydrogens (tertiary/aromatic N) is 2. The highest BCUT2D eigenvalue weighted by Crippen LogP contribution is 2.20. The predicted molar refractivity (Wildman–Crippen MR) is 76.7 cm³/mol. The fraction of sp³-hybridized carbons (Fsp3) is 0.333. The minimum atomic E-state index is 0.333. The Morgan fingerprint density at radius 3 is 2.63 bits per heavy atom. The summed E-state index contributed by atoms with van der Waals surface area (Å²) in [6.45, 7) is 2.19. The monoisotopic (exact) mass is 276 g/mol. The quantitative estimate of drug-likeness (QED) is 0.736. The number of ether oxygens (including phenoxy) is 1. The summed E-state index contributed by atoms with van der Waals surface area (Å²) in [5.74, 6) is 1.57. The maximum Gasteiger partial charge on any atom is 0.238 e. The molecule has 0 saturated heterocycles. The highest BCUT2D eigenvalue weighted by atomic mass is 35.5. The molecule has 0 bridgehead atoms.